The Bertz CT molecular complexity index is 828. The highest BCUT2D eigenvalue weighted by Crippen LogP contribution is 2.62. The molecule has 2 saturated carbocycles. The van der Waals surface area contributed by atoms with Crippen LogP contribution in [0.3, 0.4) is 0 Å². The molecule has 2 fully saturated rings. The lowest BCUT2D eigenvalue weighted by atomic mass is 9.52. The van der Waals surface area contributed by atoms with Crippen LogP contribution in [0.5, 0.6) is 5.75 Å². The summed E-state index contributed by atoms with van der Waals surface area (Å²) in [6.45, 7) is 4.54. The lowest BCUT2D eigenvalue weighted by Crippen LogP contribution is -2.47. The van der Waals surface area contributed by atoms with Gasteiger partial charge in [-0.05, 0) is 110 Å². The van der Waals surface area contributed by atoms with Crippen LogP contribution in [-0.2, 0) is 17.6 Å². The van der Waals surface area contributed by atoms with Crippen LogP contribution < -0.4 is 0 Å². The second-order valence-electron chi connectivity index (χ2n) is 12.9. The molecule has 4 rings (SSSR count). The first-order valence-electron chi connectivity index (χ1n) is 15.8. The summed E-state index contributed by atoms with van der Waals surface area (Å²) in [5, 5.41) is 21.0. The number of phenols is 1. The minimum atomic E-state index is -0.582. The molecule has 0 aliphatic heterocycles. The summed E-state index contributed by atoms with van der Waals surface area (Å²) in [5.74, 6) is 4.87. The SMILES string of the molecule is CCCC[S+]([O-])CCCCCCCCCCC[C@@H]1Cc2cc(O)ccc2[C@H]2CC[C@]3(C)[C@@H](O)CC[C@H]3[C@H]12. The minimum absolute atomic E-state index is 0.110. The van der Waals surface area contributed by atoms with Crippen LogP contribution in [0.1, 0.15) is 134 Å². The zero-order chi connectivity index (χ0) is 26.3. The van der Waals surface area contributed by atoms with E-state index >= 15 is 0 Å². The fraction of sp³-hybridized carbons (Fsp3) is 0.818. The van der Waals surface area contributed by atoms with Gasteiger partial charge < -0.3 is 14.8 Å². The summed E-state index contributed by atoms with van der Waals surface area (Å²) in [5.41, 5.74) is 3.00. The topological polar surface area (TPSA) is 63.5 Å². The van der Waals surface area contributed by atoms with Gasteiger partial charge in [-0.25, -0.2) is 0 Å². The molecule has 4 heteroatoms. The van der Waals surface area contributed by atoms with Crippen molar-refractivity contribution in [3.8, 4) is 5.75 Å². The highest BCUT2D eigenvalue weighted by atomic mass is 32.2. The molecule has 210 valence electrons. The third-order valence-electron chi connectivity index (χ3n) is 10.5. The lowest BCUT2D eigenvalue weighted by molar-refractivity contribution is -0.0396. The number of benzene rings is 1. The van der Waals surface area contributed by atoms with E-state index in [0.717, 1.165) is 50.0 Å². The van der Waals surface area contributed by atoms with Crippen LogP contribution in [0.25, 0.3) is 0 Å². The van der Waals surface area contributed by atoms with Crippen molar-refractivity contribution in [3.63, 3.8) is 0 Å². The van der Waals surface area contributed by atoms with E-state index in [2.05, 4.69) is 19.9 Å². The third-order valence-corrected chi connectivity index (χ3v) is 12.0. The monoisotopic (exact) mass is 530 g/mol. The Morgan fingerprint density at radius 3 is 2.32 bits per heavy atom. The van der Waals surface area contributed by atoms with E-state index in [1.165, 1.54) is 81.8 Å². The molecule has 0 aromatic heterocycles. The van der Waals surface area contributed by atoms with Gasteiger partial charge in [-0.1, -0.05) is 82.5 Å². The van der Waals surface area contributed by atoms with Crippen LogP contribution in [-0.4, -0.2) is 32.4 Å². The van der Waals surface area contributed by atoms with Gasteiger partial charge in [0.25, 0.3) is 0 Å². The van der Waals surface area contributed by atoms with Crippen LogP contribution in [0.15, 0.2) is 18.2 Å². The first-order valence-corrected chi connectivity index (χ1v) is 17.3. The van der Waals surface area contributed by atoms with Gasteiger partial charge in [0.05, 0.1) is 6.10 Å². The Hall–Kier alpha value is -0.710. The van der Waals surface area contributed by atoms with Crippen molar-refractivity contribution in [1.82, 2.24) is 0 Å². The zero-order valence-electron chi connectivity index (χ0n) is 23.8. The van der Waals surface area contributed by atoms with Crippen LogP contribution in [0.4, 0.5) is 0 Å². The maximum atomic E-state index is 11.9. The lowest BCUT2D eigenvalue weighted by Gasteiger charge is -2.53. The summed E-state index contributed by atoms with van der Waals surface area (Å²) < 4.78 is 11.9. The summed E-state index contributed by atoms with van der Waals surface area (Å²) in [4.78, 5) is 0. The minimum Gasteiger partial charge on any atom is -0.616 e. The first kappa shape index (κ1) is 29.3. The average Bonchev–Trinajstić information content (AvgIpc) is 3.19. The molecule has 0 spiro atoms. The summed E-state index contributed by atoms with van der Waals surface area (Å²) in [6.07, 6.45) is 20.8. The number of aromatic hydroxyl groups is 1. The summed E-state index contributed by atoms with van der Waals surface area (Å²) in [7, 11) is 0. The fourth-order valence-corrected chi connectivity index (χ4v) is 9.69. The highest BCUT2D eigenvalue weighted by Gasteiger charge is 2.56. The summed E-state index contributed by atoms with van der Waals surface area (Å²) in [6, 6.07) is 6.14. The van der Waals surface area contributed by atoms with E-state index < -0.39 is 11.2 Å². The molecule has 2 N–H and O–H groups in total. The molecule has 0 bridgehead atoms. The average molecular weight is 531 g/mol. The number of aliphatic hydroxyl groups excluding tert-OH is 1. The Morgan fingerprint density at radius 2 is 1.59 bits per heavy atom. The van der Waals surface area contributed by atoms with E-state index in [9.17, 15) is 14.8 Å². The molecule has 0 radical (unpaired) electrons. The van der Waals surface area contributed by atoms with Gasteiger partial charge in [0.15, 0.2) is 0 Å². The molecule has 0 saturated heterocycles. The van der Waals surface area contributed by atoms with Crippen LogP contribution >= 0.6 is 0 Å². The molecule has 1 aromatic rings. The zero-order valence-corrected chi connectivity index (χ0v) is 24.6. The maximum absolute atomic E-state index is 11.9. The van der Waals surface area contributed by atoms with Crippen LogP contribution in [0.2, 0.25) is 0 Å². The Kier molecular flexibility index (Phi) is 11.1. The number of aliphatic hydroxyl groups is 1. The number of unbranched alkanes of at least 4 members (excludes halogenated alkanes) is 9. The van der Waals surface area contributed by atoms with E-state index in [0.29, 0.717) is 29.4 Å². The van der Waals surface area contributed by atoms with E-state index in [1.807, 2.05) is 12.1 Å². The predicted molar refractivity (Wildman–Crippen MR) is 157 cm³/mol. The quantitative estimate of drug-likeness (QED) is 0.177. The second-order valence-corrected chi connectivity index (χ2v) is 14.6. The van der Waals surface area contributed by atoms with E-state index in [4.69, 9.17) is 0 Å². The molecular weight excluding hydrogens is 476 g/mol. The maximum Gasteiger partial charge on any atom is 0.115 e. The van der Waals surface area contributed by atoms with Gasteiger partial charge in [0.2, 0.25) is 0 Å². The molecule has 3 aliphatic rings. The Labute approximate surface area is 230 Å². The molecule has 0 heterocycles. The van der Waals surface area contributed by atoms with E-state index in [-0.39, 0.29) is 11.5 Å². The van der Waals surface area contributed by atoms with Crippen molar-refractivity contribution in [2.75, 3.05) is 11.5 Å². The number of phenolic OH excluding ortho intramolecular Hbond substituents is 1. The van der Waals surface area contributed by atoms with Gasteiger partial charge in [0, 0.05) is 0 Å². The first-order chi connectivity index (χ1) is 17.9. The van der Waals surface area contributed by atoms with Gasteiger partial charge in [0.1, 0.15) is 17.3 Å². The fourth-order valence-electron chi connectivity index (χ4n) is 8.35. The Balaban J connectivity index is 1.18. The molecule has 1 unspecified atom stereocenters. The number of rotatable bonds is 15. The third kappa shape index (κ3) is 7.28. The van der Waals surface area contributed by atoms with Crippen molar-refractivity contribution in [1.29, 1.82) is 0 Å². The van der Waals surface area contributed by atoms with Crippen molar-refractivity contribution in [2.24, 2.45) is 23.2 Å². The van der Waals surface area contributed by atoms with Gasteiger partial charge in [-0.3, -0.25) is 0 Å². The molecule has 1 aromatic carbocycles. The molecule has 7 atom stereocenters. The molecular formula is C33H54O3S. The van der Waals surface area contributed by atoms with E-state index in [1.54, 1.807) is 0 Å². The molecule has 3 nitrogen and oxygen atoms in total. The normalized spacial score (nSPS) is 31.5. The van der Waals surface area contributed by atoms with Gasteiger partial charge in [-0.2, -0.15) is 0 Å². The van der Waals surface area contributed by atoms with Gasteiger partial charge in [-0.15, -0.1) is 0 Å². The largest absolute Gasteiger partial charge is 0.616 e. The summed E-state index contributed by atoms with van der Waals surface area (Å²) >= 11 is -0.582. The number of hydrogen-bond acceptors (Lipinski definition) is 3. The molecule has 0 amide bonds. The number of hydrogen-bond donors (Lipinski definition) is 2. The van der Waals surface area contributed by atoms with Gasteiger partial charge >= 0.3 is 0 Å². The highest BCUT2D eigenvalue weighted by molar-refractivity contribution is 7.91. The predicted octanol–water partition coefficient (Wildman–Crippen LogP) is 8.29. The van der Waals surface area contributed by atoms with Crippen molar-refractivity contribution in [2.45, 2.75) is 135 Å². The van der Waals surface area contributed by atoms with Crippen LogP contribution in [0, 0.1) is 23.2 Å². The number of fused-ring (bicyclic) bond motifs is 5. The molecule has 37 heavy (non-hydrogen) atoms. The van der Waals surface area contributed by atoms with Crippen molar-refractivity contribution in [3.05, 3.63) is 29.3 Å². The van der Waals surface area contributed by atoms with Crippen molar-refractivity contribution < 1.29 is 14.8 Å². The smallest absolute Gasteiger partial charge is 0.115 e. The Morgan fingerprint density at radius 1 is 0.919 bits per heavy atom. The standard InChI is InChI=1S/C33H54O3S/c1-3-4-21-37(36)22-13-11-9-7-5-6-8-10-12-14-25-23-26-24-27(34)15-16-28(26)29-19-20-33(2)30(32(25)29)17-18-31(33)35/h15-16,24-25,29-32,34-35H,3-14,17-23H2,1-2H3/t25-,29-,30+,31+,32-,33+,37?/m1/s1. The van der Waals surface area contributed by atoms with Crippen molar-refractivity contribution >= 4 is 11.2 Å². The second kappa shape index (κ2) is 14.1. The molecule has 3 aliphatic carbocycles.